The molecule has 25 heavy (non-hydrogen) atoms. The maximum atomic E-state index is 13.9. The molecule has 9 nitrogen and oxygen atoms in total. The number of quaternary nitrogens is 1. The molecule has 0 atom stereocenters. The fraction of sp³-hybridized carbons (Fsp3) is 0.0714. The summed E-state index contributed by atoms with van der Waals surface area (Å²) in [6.45, 7) is 0. The van der Waals surface area contributed by atoms with E-state index in [1.54, 1.807) is 18.6 Å². The number of nitrogens with one attached hydrogen (secondary N) is 3. The van der Waals surface area contributed by atoms with Crippen molar-refractivity contribution in [1.29, 1.82) is 5.41 Å². The number of rotatable bonds is 7. The van der Waals surface area contributed by atoms with Gasteiger partial charge < -0.3 is 21.4 Å². The summed E-state index contributed by atoms with van der Waals surface area (Å²) in [5.74, 6) is -0.277. The molecule has 0 spiro atoms. The number of non-ortho nitro benzene ring substituents is 1. The molecule has 11 heteroatoms. The third kappa shape index (κ3) is 4.78. The van der Waals surface area contributed by atoms with Gasteiger partial charge in [0.15, 0.2) is 0 Å². The highest BCUT2D eigenvalue weighted by atomic mass is 79.9. The number of anilines is 3. The van der Waals surface area contributed by atoms with Crippen molar-refractivity contribution in [3.05, 3.63) is 56.7 Å². The molecule has 1 heterocycles. The van der Waals surface area contributed by atoms with Crippen LogP contribution in [0.15, 0.2) is 40.8 Å². The Bertz CT molecular complexity index is 844. The van der Waals surface area contributed by atoms with Crippen LogP contribution in [0.2, 0.25) is 0 Å². The van der Waals surface area contributed by atoms with E-state index in [9.17, 15) is 14.5 Å². The Labute approximate surface area is 150 Å². The highest BCUT2D eigenvalue weighted by Gasteiger charge is 2.13. The largest absolute Gasteiger partial charge is 0.337 e. The Hall–Kier alpha value is -2.92. The van der Waals surface area contributed by atoms with E-state index in [-0.39, 0.29) is 23.1 Å². The fourth-order valence-corrected chi connectivity index (χ4v) is 2.09. The van der Waals surface area contributed by atoms with Crippen LogP contribution in [0.3, 0.4) is 0 Å². The summed E-state index contributed by atoms with van der Waals surface area (Å²) >= 11 is 3.24. The maximum absolute atomic E-state index is 13.9. The molecule has 0 unspecified atom stereocenters. The fourth-order valence-electron chi connectivity index (χ4n) is 1.80. The van der Waals surface area contributed by atoms with Gasteiger partial charge >= 0.3 is 0 Å². The van der Waals surface area contributed by atoms with Crippen LogP contribution in [0.1, 0.15) is 0 Å². The molecular weight excluding hydrogens is 397 g/mol. The number of allylic oxidation sites excluding steroid dienone is 1. The summed E-state index contributed by atoms with van der Waals surface area (Å²) < 4.78 is 14.4. The van der Waals surface area contributed by atoms with Crippen LogP contribution in [0.5, 0.6) is 0 Å². The minimum Gasteiger partial charge on any atom is -0.337 e. The SMILES string of the molecule is C[NH2+]/C=C(\C=N)Nc1ncc(Br)c(Nc2cc([N+](=O)[O-])ccc2F)n1. The molecule has 2 rings (SSSR count). The molecule has 2 aromatic rings. The van der Waals surface area contributed by atoms with Gasteiger partial charge in [0, 0.05) is 24.5 Å². The number of hydrogen-bond acceptors (Lipinski definition) is 7. The molecule has 0 aliphatic heterocycles. The number of nitrogens with zero attached hydrogens (tertiary/aromatic N) is 3. The second kappa shape index (κ2) is 8.26. The van der Waals surface area contributed by atoms with E-state index in [2.05, 4.69) is 36.5 Å². The summed E-state index contributed by atoms with van der Waals surface area (Å²) in [5.41, 5.74) is 0.112. The van der Waals surface area contributed by atoms with Crippen molar-refractivity contribution in [3.63, 3.8) is 0 Å². The lowest BCUT2D eigenvalue weighted by atomic mass is 10.2. The predicted octanol–water partition coefficient (Wildman–Crippen LogP) is 2.13. The Morgan fingerprint density at radius 1 is 1.52 bits per heavy atom. The van der Waals surface area contributed by atoms with E-state index >= 15 is 0 Å². The zero-order valence-corrected chi connectivity index (χ0v) is 14.5. The monoisotopic (exact) mass is 410 g/mol. The zero-order valence-electron chi connectivity index (χ0n) is 13.0. The van der Waals surface area contributed by atoms with Gasteiger partial charge in [0.05, 0.1) is 22.1 Å². The first-order valence-electron chi connectivity index (χ1n) is 6.95. The summed E-state index contributed by atoms with van der Waals surface area (Å²) in [7, 11) is 1.80. The molecule has 0 fully saturated rings. The third-order valence-electron chi connectivity index (χ3n) is 2.92. The van der Waals surface area contributed by atoms with Crippen molar-refractivity contribution in [3.8, 4) is 0 Å². The molecule has 0 aliphatic carbocycles. The van der Waals surface area contributed by atoms with E-state index < -0.39 is 10.7 Å². The van der Waals surface area contributed by atoms with E-state index in [0.717, 1.165) is 24.4 Å². The number of benzene rings is 1. The van der Waals surface area contributed by atoms with Gasteiger partial charge in [-0.25, -0.2) is 9.37 Å². The first-order chi connectivity index (χ1) is 11.9. The lowest BCUT2D eigenvalue weighted by Crippen LogP contribution is -2.73. The van der Waals surface area contributed by atoms with Gasteiger partial charge in [0.25, 0.3) is 5.69 Å². The van der Waals surface area contributed by atoms with Crippen LogP contribution >= 0.6 is 15.9 Å². The maximum Gasteiger partial charge on any atom is 0.271 e. The summed E-state index contributed by atoms with van der Waals surface area (Å²) in [5, 5.41) is 25.4. The van der Waals surface area contributed by atoms with E-state index in [1.165, 1.54) is 6.20 Å². The van der Waals surface area contributed by atoms with Gasteiger partial charge in [0.1, 0.15) is 23.5 Å². The molecule has 1 aromatic heterocycles. The molecule has 0 aliphatic rings. The molecule has 5 N–H and O–H groups in total. The normalized spacial score (nSPS) is 11.1. The molecule has 0 saturated carbocycles. The van der Waals surface area contributed by atoms with Gasteiger partial charge in [-0.2, -0.15) is 4.98 Å². The highest BCUT2D eigenvalue weighted by Crippen LogP contribution is 2.28. The van der Waals surface area contributed by atoms with Crippen molar-refractivity contribution in [1.82, 2.24) is 9.97 Å². The van der Waals surface area contributed by atoms with Crippen LogP contribution in [-0.2, 0) is 0 Å². The van der Waals surface area contributed by atoms with Gasteiger partial charge in [0.2, 0.25) is 5.95 Å². The van der Waals surface area contributed by atoms with Gasteiger partial charge in [-0.3, -0.25) is 10.1 Å². The smallest absolute Gasteiger partial charge is 0.271 e. The minimum atomic E-state index is -0.661. The summed E-state index contributed by atoms with van der Waals surface area (Å²) in [6.07, 6.45) is 4.19. The van der Waals surface area contributed by atoms with Crippen molar-refractivity contribution in [2.75, 3.05) is 17.7 Å². The number of nitro groups is 1. The van der Waals surface area contributed by atoms with Crippen molar-refractivity contribution in [2.45, 2.75) is 0 Å². The van der Waals surface area contributed by atoms with Gasteiger partial charge in [-0.15, -0.1) is 0 Å². The second-order valence-electron chi connectivity index (χ2n) is 4.66. The zero-order chi connectivity index (χ0) is 18.4. The average Bonchev–Trinajstić information content (AvgIpc) is 2.59. The standard InChI is InChI=1S/C14H13BrFN7O2/c1-18-6-8(5-17)20-14-19-7-10(15)13(22-14)21-12-4-9(23(24)25)2-3-11(12)16/h2-7,17-18H,1H3,(H2,19,20,21,22)/p+1/b8-6+,17-5?. The molecule has 1 aromatic carbocycles. The van der Waals surface area contributed by atoms with Crippen LogP contribution in [0, 0.1) is 21.3 Å². The minimum absolute atomic E-state index is 0.0933. The quantitative estimate of drug-likeness (QED) is 0.313. The molecular formula is C14H14BrFN7O2+. The lowest BCUT2D eigenvalue weighted by molar-refractivity contribution is -0.556. The van der Waals surface area contributed by atoms with Crippen molar-refractivity contribution < 1.29 is 14.6 Å². The number of aromatic nitrogens is 2. The van der Waals surface area contributed by atoms with E-state index in [0.29, 0.717) is 10.2 Å². The molecule has 130 valence electrons. The van der Waals surface area contributed by atoms with Crippen molar-refractivity contribution >= 4 is 45.3 Å². The van der Waals surface area contributed by atoms with Crippen LogP contribution < -0.4 is 16.0 Å². The van der Waals surface area contributed by atoms with E-state index in [4.69, 9.17) is 5.41 Å². The van der Waals surface area contributed by atoms with Crippen molar-refractivity contribution in [2.24, 2.45) is 0 Å². The predicted molar refractivity (Wildman–Crippen MR) is 94.4 cm³/mol. The first kappa shape index (κ1) is 18.4. The summed E-state index contributed by atoms with van der Waals surface area (Å²) in [4.78, 5) is 18.4. The molecule has 0 radical (unpaired) electrons. The summed E-state index contributed by atoms with van der Waals surface area (Å²) in [6, 6.07) is 3.15. The number of nitrogens with two attached hydrogens (primary N) is 1. The number of halogens is 2. The highest BCUT2D eigenvalue weighted by molar-refractivity contribution is 9.10. The second-order valence-corrected chi connectivity index (χ2v) is 5.52. The average molecular weight is 411 g/mol. The van der Waals surface area contributed by atoms with Crippen LogP contribution in [0.25, 0.3) is 0 Å². The van der Waals surface area contributed by atoms with Crippen LogP contribution in [0.4, 0.5) is 27.5 Å². The van der Waals surface area contributed by atoms with Gasteiger partial charge in [-0.1, -0.05) is 0 Å². The van der Waals surface area contributed by atoms with Crippen LogP contribution in [-0.4, -0.2) is 28.2 Å². The Balaban J connectivity index is 2.32. The number of hydrogen-bond donors (Lipinski definition) is 4. The molecule has 0 amide bonds. The third-order valence-corrected chi connectivity index (χ3v) is 3.50. The Kier molecular flexibility index (Phi) is 6.08. The first-order valence-corrected chi connectivity index (χ1v) is 7.74. The number of nitro benzene ring substituents is 1. The molecule has 0 saturated heterocycles. The topological polar surface area (TPSA) is 133 Å². The Morgan fingerprint density at radius 3 is 2.92 bits per heavy atom. The lowest BCUT2D eigenvalue weighted by Gasteiger charge is -2.10. The Morgan fingerprint density at radius 2 is 2.28 bits per heavy atom. The van der Waals surface area contributed by atoms with E-state index in [1.807, 2.05) is 0 Å². The van der Waals surface area contributed by atoms with Gasteiger partial charge in [-0.05, 0) is 22.0 Å². The molecule has 0 bridgehead atoms.